The highest BCUT2D eigenvalue weighted by Crippen LogP contribution is 2.17. The Bertz CT molecular complexity index is 870. The molecule has 0 bridgehead atoms. The Morgan fingerprint density at radius 3 is 0.860 bits per heavy atom. The Morgan fingerprint density at radius 2 is 0.579 bits per heavy atom. The molecule has 0 aromatic rings. The molecule has 0 aromatic carbocycles. The fourth-order valence-electron chi connectivity index (χ4n) is 7.64. The number of carbonyl (C=O) groups excluding carboxylic acids is 3. The van der Waals surface area contributed by atoms with Gasteiger partial charge in [0.1, 0.15) is 13.2 Å². The topological polar surface area (TPSA) is 78.9 Å². The van der Waals surface area contributed by atoms with Crippen molar-refractivity contribution in [3.05, 3.63) is 0 Å². The average molecular weight is 807 g/mol. The van der Waals surface area contributed by atoms with E-state index in [0.717, 1.165) is 69.6 Å². The van der Waals surface area contributed by atoms with Crippen LogP contribution in [0.15, 0.2) is 0 Å². The van der Waals surface area contributed by atoms with Crippen LogP contribution in [0.5, 0.6) is 0 Å². The smallest absolute Gasteiger partial charge is 0.306 e. The highest BCUT2D eigenvalue weighted by atomic mass is 16.6. The standard InChI is InChI=1S/C51H98O6/c1-6-7-8-9-10-11-12-13-14-15-16-17-20-26-31-36-41-49(52)55-44-48(57-51(54)43-38-33-28-23-22-25-30-35-40-47(4)5)45-56-50(53)42-37-32-27-21-18-19-24-29-34-39-46(2)3/h46-48H,6-45H2,1-5H3/t48-/m0/s1. The Labute approximate surface area is 355 Å². The molecule has 0 fully saturated rings. The number of carbonyl (C=O) groups is 3. The molecule has 1 atom stereocenters. The van der Waals surface area contributed by atoms with Crippen LogP contribution in [0.2, 0.25) is 0 Å². The molecule has 57 heavy (non-hydrogen) atoms. The van der Waals surface area contributed by atoms with Gasteiger partial charge in [0.2, 0.25) is 0 Å². The quantitative estimate of drug-likeness (QED) is 0.0346. The first-order valence-corrected chi connectivity index (χ1v) is 25.2. The second kappa shape index (κ2) is 44.0. The molecule has 0 N–H and O–H groups in total. The number of esters is 3. The lowest BCUT2D eigenvalue weighted by atomic mass is 10.0. The van der Waals surface area contributed by atoms with Crippen LogP contribution in [0.4, 0.5) is 0 Å². The van der Waals surface area contributed by atoms with E-state index in [4.69, 9.17) is 14.2 Å². The summed E-state index contributed by atoms with van der Waals surface area (Å²) in [5.41, 5.74) is 0. The van der Waals surface area contributed by atoms with Crippen LogP contribution < -0.4 is 0 Å². The molecule has 0 rings (SSSR count). The van der Waals surface area contributed by atoms with Gasteiger partial charge in [0.05, 0.1) is 0 Å². The van der Waals surface area contributed by atoms with Crippen LogP contribution in [-0.4, -0.2) is 37.2 Å². The van der Waals surface area contributed by atoms with Gasteiger partial charge in [0, 0.05) is 19.3 Å². The van der Waals surface area contributed by atoms with Crippen molar-refractivity contribution in [3.63, 3.8) is 0 Å². The minimum absolute atomic E-state index is 0.0645. The van der Waals surface area contributed by atoms with E-state index in [-0.39, 0.29) is 31.1 Å². The number of rotatable bonds is 45. The number of hydrogen-bond donors (Lipinski definition) is 0. The van der Waals surface area contributed by atoms with Gasteiger partial charge in [-0.25, -0.2) is 0 Å². The van der Waals surface area contributed by atoms with E-state index in [0.29, 0.717) is 19.3 Å². The lowest BCUT2D eigenvalue weighted by molar-refractivity contribution is -0.167. The van der Waals surface area contributed by atoms with E-state index in [1.54, 1.807) is 0 Å². The summed E-state index contributed by atoms with van der Waals surface area (Å²) in [4.78, 5) is 37.9. The molecule has 0 saturated carbocycles. The van der Waals surface area contributed by atoms with Gasteiger partial charge in [0.25, 0.3) is 0 Å². The number of ether oxygens (including phenoxy) is 3. The van der Waals surface area contributed by atoms with E-state index in [9.17, 15) is 14.4 Å². The maximum atomic E-state index is 12.7. The fraction of sp³-hybridized carbons (Fsp3) is 0.941. The SMILES string of the molecule is CCCCCCCCCCCCCCCCCCC(=O)OC[C@@H](COC(=O)CCCCCCCCCCCC(C)C)OC(=O)CCCCCCCCCCC(C)C. The number of hydrogen-bond acceptors (Lipinski definition) is 6. The Hall–Kier alpha value is -1.59. The molecule has 6 nitrogen and oxygen atoms in total. The molecule has 0 saturated heterocycles. The van der Waals surface area contributed by atoms with Crippen molar-refractivity contribution in [2.45, 2.75) is 285 Å². The van der Waals surface area contributed by atoms with Gasteiger partial charge in [-0.15, -0.1) is 0 Å². The summed E-state index contributed by atoms with van der Waals surface area (Å²) in [5, 5.41) is 0. The van der Waals surface area contributed by atoms with Gasteiger partial charge in [-0.3, -0.25) is 14.4 Å². The minimum atomic E-state index is -0.762. The summed E-state index contributed by atoms with van der Waals surface area (Å²) in [6.07, 6.45) is 43.8. The van der Waals surface area contributed by atoms with E-state index in [2.05, 4.69) is 34.6 Å². The molecule has 0 amide bonds. The van der Waals surface area contributed by atoms with Gasteiger partial charge in [0.15, 0.2) is 6.10 Å². The van der Waals surface area contributed by atoms with Crippen LogP contribution in [0, 0.1) is 11.8 Å². The Kier molecular flexibility index (Phi) is 42.7. The molecule has 0 aliphatic carbocycles. The molecular formula is C51H98O6. The monoisotopic (exact) mass is 807 g/mol. The van der Waals surface area contributed by atoms with E-state index >= 15 is 0 Å². The zero-order valence-electron chi connectivity index (χ0n) is 39.0. The zero-order valence-corrected chi connectivity index (χ0v) is 39.0. The predicted molar refractivity (Wildman–Crippen MR) is 243 cm³/mol. The lowest BCUT2D eigenvalue weighted by Crippen LogP contribution is -2.30. The Balaban J connectivity index is 4.29. The third kappa shape index (κ3) is 45.3. The minimum Gasteiger partial charge on any atom is -0.462 e. The summed E-state index contributed by atoms with van der Waals surface area (Å²) >= 11 is 0. The maximum absolute atomic E-state index is 12.7. The van der Waals surface area contributed by atoms with Crippen LogP contribution in [0.1, 0.15) is 279 Å². The van der Waals surface area contributed by atoms with E-state index in [1.165, 1.54) is 167 Å². The van der Waals surface area contributed by atoms with Crippen molar-refractivity contribution in [1.82, 2.24) is 0 Å². The predicted octanol–water partition coefficient (Wildman–Crippen LogP) is 16.1. The average Bonchev–Trinajstić information content (AvgIpc) is 3.18. The first-order valence-electron chi connectivity index (χ1n) is 25.2. The van der Waals surface area contributed by atoms with Gasteiger partial charge in [-0.1, -0.05) is 240 Å². The highest BCUT2D eigenvalue weighted by Gasteiger charge is 2.19. The maximum Gasteiger partial charge on any atom is 0.306 e. The molecule has 0 unspecified atom stereocenters. The molecule has 0 aromatic heterocycles. The van der Waals surface area contributed by atoms with Crippen molar-refractivity contribution in [2.24, 2.45) is 11.8 Å². The summed E-state index contributed by atoms with van der Waals surface area (Å²) in [7, 11) is 0. The van der Waals surface area contributed by atoms with Gasteiger partial charge in [-0.05, 0) is 31.1 Å². The summed E-state index contributed by atoms with van der Waals surface area (Å²) in [5.74, 6) is 0.749. The Morgan fingerprint density at radius 1 is 0.333 bits per heavy atom. The summed E-state index contributed by atoms with van der Waals surface area (Å²) in [6, 6.07) is 0. The summed E-state index contributed by atoms with van der Waals surface area (Å²) < 4.78 is 16.8. The lowest BCUT2D eigenvalue weighted by Gasteiger charge is -2.18. The molecule has 0 radical (unpaired) electrons. The van der Waals surface area contributed by atoms with Crippen molar-refractivity contribution in [3.8, 4) is 0 Å². The van der Waals surface area contributed by atoms with Crippen LogP contribution in [0.25, 0.3) is 0 Å². The van der Waals surface area contributed by atoms with Crippen LogP contribution in [-0.2, 0) is 28.6 Å². The first kappa shape index (κ1) is 55.4. The second-order valence-corrected chi connectivity index (χ2v) is 18.4. The molecule has 0 aliphatic heterocycles. The molecular weight excluding hydrogens is 709 g/mol. The molecule has 0 heterocycles. The largest absolute Gasteiger partial charge is 0.462 e. The number of unbranched alkanes of at least 4 members (excludes halogenated alkanes) is 30. The normalized spacial score (nSPS) is 12.1. The van der Waals surface area contributed by atoms with Crippen molar-refractivity contribution >= 4 is 17.9 Å². The van der Waals surface area contributed by atoms with Crippen LogP contribution >= 0.6 is 0 Å². The van der Waals surface area contributed by atoms with Crippen LogP contribution in [0.3, 0.4) is 0 Å². The molecule has 0 spiro atoms. The molecule has 0 aliphatic rings. The summed E-state index contributed by atoms with van der Waals surface area (Å²) in [6.45, 7) is 11.3. The van der Waals surface area contributed by atoms with Crippen molar-refractivity contribution < 1.29 is 28.6 Å². The van der Waals surface area contributed by atoms with Gasteiger partial charge >= 0.3 is 17.9 Å². The third-order valence-corrected chi connectivity index (χ3v) is 11.5. The third-order valence-electron chi connectivity index (χ3n) is 11.5. The first-order chi connectivity index (χ1) is 27.7. The van der Waals surface area contributed by atoms with Gasteiger partial charge in [-0.2, -0.15) is 0 Å². The molecule has 6 heteroatoms. The zero-order chi connectivity index (χ0) is 41.9. The van der Waals surface area contributed by atoms with E-state index < -0.39 is 6.10 Å². The van der Waals surface area contributed by atoms with E-state index in [1.807, 2.05) is 0 Å². The molecule has 338 valence electrons. The highest BCUT2D eigenvalue weighted by molar-refractivity contribution is 5.71. The second-order valence-electron chi connectivity index (χ2n) is 18.4. The van der Waals surface area contributed by atoms with Crippen molar-refractivity contribution in [2.75, 3.05) is 13.2 Å². The van der Waals surface area contributed by atoms with Gasteiger partial charge < -0.3 is 14.2 Å². The fourth-order valence-corrected chi connectivity index (χ4v) is 7.64. The van der Waals surface area contributed by atoms with Crippen molar-refractivity contribution in [1.29, 1.82) is 0 Å².